The third-order valence-corrected chi connectivity index (χ3v) is 4.69. The molecular weight excluding hydrogens is 402 g/mol. The Balaban J connectivity index is 2.13. The molecule has 2 rings (SSSR count). The minimum Gasteiger partial charge on any atom is -0.496 e. The monoisotopic (exact) mass is 431 g/mol. The number of hydrogen-bond donors (Lipinski definition) is 3. The summed E-state index contributed by atoms with van der Waals surface area (Å²) in [7, 11) is 3.11. The Labute approximate surface area is 181 Å². The van der Waals surface area contributed by atoms with E-state index >= 15 is 0 Å². The molecule has 168 valence electrons. The van der Waals surface area contributed by atoms with E-state index in [2.05, 4.69) is 27.7 Å². The summed E-state index contributed by atoms with van der Waals surface area (Å²) in [5.41, 5.74) is 6.46. The van der Waals surface area contributed by atoms with Crippen LogP contribution >= 0.6 is 0 Å². The Morgan fingerprint density at radius 3 is 2.55 bits per heavy atom. The molecule has 10 nitrogen and oxygen atoms in total. The van der Waals surface area contributed by atoms with Crippen LogP contribution in [0.15, 0.2) is 30.5 Å². The molecule has 2 amide bonds. The topological polar surface area (TPSA) is 126 Å². The number of amides is 2. The Morgan fingerprint density at radius 2 is 1.94 bits per heavy atom. The van der Waals surface area contributed by atoms with Gasteiger partial charge in [-0.05, 0) is 24.6 Å². The van der Waals surface area contributed by atoms with Gasteiger partial charge in [0.15, 0.2) is 0 Å². The Morgan fingerprint density at radius 1 is 1.23 bits per heavy atom. The van der Waals surface area contributed by atoms with Gasteiger partial charge in [0.25, 0.3) is 0 Å². The lowest BCUT2D eigenvalue weighted by Crippen LogP contribution is -2.40. The van der Waals surface area contributed by atoms with Crippen LogP contribution in [0.2, 0.25) is 0 Å². The molecule has 0 aliphatic carbocycles. The van der Waals surface area contributed by atoms with Crippen LogP contribution in [-0.2, 0) is 9.59 Å². The zero-order valence-corrected chi connectivity index (χ0v) is 18.0. The van der Waals surface area contributed by atoms with Crippen LogP contribution in [0, 0.1) is 5.92 Å². The predicted octanol–water partition coefficient (Wildman–Crippen LogP) is 2.65. The van der Waals surface area contributed by atoms with Gasteiger partial charge in [0.05, 0.1) is 37.9 Å². The summed E-state index contributed by atoms with van der Waals surface area (Å²) < 4.78 is 10.8. The van der Waals surface area contributed by atoms with E-state index in [1.807, 2.05) is 6.07 Å². The normalized spacial score (nSPS) is 11.4. The first-order chi connectivity index (χ1) is 15.0. The number of unbranched alkanes of at least 4 members (excludes halogenated alkanes) is 2. The Bertz CT molecular complexity index is 842. The first-order valence-corrected chi connectivity index (χ1v) is 10.0. The van der Waals surface area contributed by atoms with E-state index in [1.54, 1.807) is 38.6 Å². The van der Waals surface area contributed by atoms with Gasteiger partial charge in [0, 0.05) is 6.20 Å². The number of ether oxygens (including phenoxy) is 2. The van der Waals surface area contributed by atoms with Crippen molar-refractivity contribution < 1.29 is 24.3 Å². The third kappa shape index (κ3) is 6.82. The molecule has 0 radical (unpaired) electrons. The van der Waals surface area contributed by atoms with Gasteiger partial charge < -0.3 is 9.47 Å². The van der Waals surface area contributed by atoms with Crippen molar-refractivity contribution in [3.8, 4) is 22.8 Å². The fraction of sp³-hybridized carbons (Fsp3) is 0.429. The minimum absolute atomic E-state index is 0.0972. The second-order valence-electron chi connectivity index (χ2n) is 6.84. The van der Waals surface area contributed by atoms with Gasteiger partial charge in [-0.3, -0.25) is 25.6 Å². The number of methoxy groups -OCH3 is 2. The highest BCUT2D eigenvalue weighted by Gasteiger charge is 2.21. The second-order valence-corrected chi connectivity index (χ2v) is 6.84. The van der Waals surface area contributed by atoms with E-state index in [4.69, 9.17) is 9.47 Å². The Kier molecular flexibility index (Phi) is 9.50. The third-order valence-electron chi connectivity index (χ3n) is 4.69. The van der Waals surface area contributed by atoms with E-state index < -0.39 is 5.92 Å². The molecule has 1 aromatic heterocycles. The minimum atomic E-state index is -0.577. The fourth-order valence-electron chi connectivity index (χ4n) is 3.10. The lowest BCUT2D eigenvalue weighted by atomic mass is 10.0. The number of hydroxylamine groups is 2. The SMILES string of the molecule is CCCCC[C@H](CN(O)C=O)C(=O)NNc1nccc(-c2c(OC)cccc2OC)n1. The van der Waals surface area contributed by atoms with E-state index in [9.17, 15) is 14.8 Å². The molecule has 0 aliphatic rings. The highest BCUT2D eigenvalue weighted by atomic mass is 16.5. The summed E-state index contributed by atoms with van der Waals surface area (Å²) in [6, 6.07) is 7.10. The molecule has 0 saturated carbocycles. The van der Waals surface area contributed by atoms with Gasteiger partial charge in [-0.2, -0.15) is 0 Å². The number of nitrogens with zero attached hydrogens (tertiary/aromatic N) is 3. The lowest BCUT2D eigenvalue weighted by molar-refractivity contribution is -0.154. The van der Waals surface area contributed by atoms with Crippen molar-refractivity contribution in [1.82, 2.24) is 20.5 Å². The van der Waals surface area contributed by atoms with Gasteiger partial charge in [-0.1, -0.05) is 32.3 Å². The quantitative estimate of drug-likeness (QED) is 0.191. The van der Waals surface area contributed by atoms with Crippen molar-refractivity contribution >= 4 is 18.3 Å². The molecule has 0 saturated heterocycles. The number of rotatable bonds is 13. The van der Waals surface area contributed by atoms with Crippen LogP contribution in [0.5, 0.6) is 11.5 Å². The van der Waals surface area contributed by atoms with Crippen molar-refractivity contribution in [1.29, 1.82) is 0 Å². The van der Waals surface area contributed by atoms with Crippen molar-refractivity contribution in [2.24, 2.45) is 5.92 Å². The number of aromatic nitrogens is 2. The summed E-state index contributed by atoms with van der Waals surface area (Å²) >= 11 is 0. The lowest BCUT2D eigenvalue weighted by Gasteiger charge is -2.19. The summed E-state index contributed by atoms with van der Waals surface area (Å²) in [6.45, 7) is 1.96. The summed E-state index contributed by atoms with van der Waals surface area (Å²) in [6.07, 6.45) is 5.11. The first-order valence-electron chi connectivity index (χ1n) is 10.0. The van der Waals surface area contributed by atoms with E-state index in [-0.39, 0.29) is 24.8 Å². The highest BCUT2D eigenvalue weighted by molar-refractivity contribution is 5.80. The molecule has 1 atom stereocenters. The zero-order chi connectivity index (χ0) is 22.6. The number of nitrogens with one attached hydrogen (secondary N) is 2. The number of carbonyl (C=O) groups excluding carboxylic acids is 2. The molecule has 0 fully saturated rings. The van der Waals surface area contributed by atoms with Crippen molar-refractivity contribution in [3.63, 3.8) is 0 Å². The molecule has 10 heteroatoms. The maximum absolute atomic E-state index is 12.6. The smallest absolute Gasteiger partial charge is 0.243 e. The Hall–Kier alpha value is -3.40. The van der Waals surface area contributed by atoms with Gasteiger partial charge in [-0.15, -0.1) is 0 Å². The first kappa shape index (κ1) is 23.9. The number of hydrogen-bond acceptors (Lipinski definition) is 8. The van der Waals surface area contributed by atoms with Crippen molar-refractivity contribution in [2.75, 3.05) is 26.2 Å². The maximum atomic E-state index is 12.6. The molecule has 1 aromatic carbocycles. The molecule has 0 bridgehead atoms. The summed E-state index contributed by atoms with van der Waals surface area (Å²) in [5.74, 6) is 0.386. The number of anilines is 1. The fourth-order valence-corrected chi connectivity index (χ4v) is 3.10. The molecule has 2 aromatic rings. The average Bonchev–Trinajstić information content (AvgIpc) is 2.81. The van der Waals surface area contributed by atoms with E-state index in [0.717, 1.165) is 19.3 Å². The molecule has 1 heterocycles. The largest absolute Gasteiger partial charge is 0.496 e. The van der Waals surface area contributed by atoms with Crippen molar-refractivity contribution in [2.45, 2.75) is 32.6 Å². The van der Waals surface area contributed by atoms with Gasteiger partial charge in [0.2, 0.25) is 18.3 Å². The standard InChI is InChI=1S/C21H29N5O5/c1-4-5-6-8-15(13-26(29)14-27)20(28)24-25-21-22-12-11-16(23-21)19-17(30-2)9-7-10-18(19)31-3/h7,9-12,14-15,29H,4-6,8,13H2,1-3H3,(H,24,28)(H,22,23,25)/t15-/m1/s1. The van der Waals surface area contributed by atoms with Crippen LogP contribution < -0.4 is 20.3 Å². The molecule has 0 spiro atoms. The van der Waals surface area contributed by atoms with Gasteiger partial charge in [0.1, 0.15) is 11.5 Å². The van der Waals surface area contributed by atoms with Crippen LogP contribution in [0.25, 0.3) is 11.3 Å². The number of carbonyl (C=O) groups is 2. The number of benzene rings is 1. The predicted molar refractivity (Wildman–Crippen MR) is 115 cm³/mol. The van der Waals surface area contributed by atoms with Crippen LogP contribution in [0.3, 0.4) is 0 Å². The van der Waals surface area contributed by atoms with Gasteiger partial charge in [-0.25, -0.2) is 15.0 Å². The van der Waals surface area contributed by atoms with Crippen LogP contribution in [0.1, 0.15) is 32.6 Å². The average molecular weight is 431 g/mol. The summed E-state index contributed by atoms with van der Waals surface area (Å²) in [4.78, 5) is 31.9. The zero-order valence-electron chi connectivity index (χ0n) is 18.0. The molecular formula is C21H29N5O5. The summed E-state index contributed by atoms with van der Waals surface area (Å²) in [5, 5.41) is 9.97. The highest BCUT2D eigenvalue weighted by Crippen LogP contribution is 2.37. The van der Waals surface area contributed by atoms with E-state index in [1.165, 1.54) is 0 Å². The van der Waals surface area contributed by atoms with E-state index in [0.29, 0.717) is 34.2 Å². The number of hydrazine groups is 1. The molecule has 31 heavy (non-hydrogen) atoms. The molecule has 0 aliphatic heterocycles. The maximum Gasteiger partial charge on any atom is 0.243 e. The van der Waals surface area contributed by atoms with Gasteiger partial charge >= 0.3 is 0 Å². The second kappa shape index (κ2) is 12.3. The molecule has 3 N–H and O–H groups in total. The van der Waals surface area contributed by atoms with Crippen LogP contribution in [0.4, 0.5) is 5.95 Å². The molecule has 0 unspecified atom stereocenters. The van der Waals surface area contributed by atoms with Crippen molar-refractivity contribution in [3.05, 3.63) is 30.5 Å². The van der Waals surface area contributed by atoms with Crippen LogP contribution in [-0.4, -0.2) is 53.3 Å².